The number of rotatable bonds is 2. The Balaban J connectivity index is 1.82. The highest BCUT2D eigenvalue weighted by molar-refractivity contribution is 6.36. The highest BCUT2D eigenvalue weighted by atomic mass is 35.5. The molecule has 5 nitrogen and oxygen atoms in total. The number of ether oxygens (including phenoxy) is 3. The summed E-state index contributed by atoms with van der Waals surface area (Å²) in [6.07, 6.45) is 1.79. The van der Waals surface area contributed by atoms with E-state index in [2.05, 4.69) is 5.32 Å². The van der Waals surface area contributed by atoms with Gasteiger partial charge in [-0.1, -0.05) is 11.6 Å². The van der Waals surface area contributed by atoms with Crippen molar-refractivity contribution in [1.29, 1.82) is 0 Å². The number of anilines is 1. The molecule has 1 N–H and O–H groups in total. The van der Waals surface area contributed by atoms with E-state index in [9.17, 15) is 4.79 Å². The summed E-state index contributed by atoms with van der Waals surface area (Å²) in [6, 6.07) is 8.96. The number of carbonyl (C=O) groups is 1. The zero-order valence-corrected chi connectivity index (χ0v) is 13.6. The van der Waals surface area contributed by atoms with Crippen LogP contribution in [0.5, 0.6) is 17.2 Å². The maximum atomic E-state index is 12.3. The average molecular weight is 344 g/mol. The van der Waals surface area contributed by atoms with E-state index >= 15 is 0 Å². The predicted molar refractivity (Wildman–Crippen MR) is 91.9 cm³/mol. The van der Waals surface area contributed by atoms with Gasteiger partial charge < -0.3 is 19.5 Å². The smallest absolute Gasteiger partial charge is 0.256 e. The molecule has 0 saturated heterocycles. The fourth-order valence-electron chi connectivity index (χ4n) is 2.85. The number of nitrogens with one attached hydrogen (secondary N) is 1. The molecule has 0 aliphatic carbocycles. The molecule has 2 aliphatic heterocycles. The molecule has 0 unspecified atom stereocenters. The molecule has 122 valence electrons. The lowest BCUT2D eigenvalue weighted by molar-refractivity contribution is -0.110. The number of amides is 1. The molecule has 6 heteroatoms. The van der Waals surface area contributed by atoms with Crippen LogP contribution in [0.3, 0.4) is 0 Å². The summed E-state index contributed by atoms with van der Waals surface area (Å²) in [5, 5.41) is 3.41. The second kappa shape index (κ2) is 5.76. The van der Waals surface area contributed by atoms with Crippen LogP contribution in [0, 0.1) is 0 Å². The molecular weight excluding hydrogens is 330 g/mol. The molecule has 1 amide bonds. The van der Waals surface area contributed by atoms with Crippen LogP contribution in [0.1, 0.15) is 11.1 Å². The van der Waals surface area contributed by atoms with Crippen molar-refractivity contribution in [1.82, 2.24) is 0 Å². The van der Waals surface area contributed by atoms with Crippen LogP contribution in [0.25, 0.3) is 11.6 Å². The van der Waals surface area contributed by atoms with Crippen molar-refractivity contribution < 1.29 is 19.0 Å². The van der Waals surface area contributed by atoms with Crippen LogP contribution in [-0.4, -0.2) is 26.2 Å². The van der Waals surface area contributed by atoms with Gasteiger partial charge in [0.25, 0.3) is 5.91 Å². The minimum Gasteiger partial charge on any atom is -0.493 e. The molecule has 2 aromatic carbocycles. The first kappa shape index (κ1) is 14.9. The zero-order valence-electron chi connectivity index (χ0n) is 12.9. The van der Waals surface area contributed by atoms with Crippen molar-refractivity contribution in [2.75, 3.05) is 25.6 Å². The van der Waals surface area contributed by atoms with Gasteiger partial charge in [-0.15, -0.1) is 0 Å². The van der Waals surface area contributed by atoms with Crippen molar-refractivity contribution in [2.24, 2.45) is 0 Å². The van der Waals surface area contributed by atoms with E-state index in [1.807, 2.05) is 12.1 Å². The van der Waals surface area contributed by atoms with E-state index in [1.54, 1.807) is 31.4 Å². The highest BCUT2D eigenvalue weighted by Gasteiger charge is 2.25. The fourth-order valence-corrected chi connectivity index (χ4v) is 3.02. The van der Waals surface area contributed by atoms with E-state index < -0.39 is 0 Å². The SMILES string of the molecule is COc1cc(/C=C2/C(=O)Nc3ccc(Cl)cc32)cc2c1OCCO2. The summed E-state index contributed by atoms with van der Waals surface area (Å²) in [4.78, 5) is 12.3. The van der Waals surface area contributed by atoms with Crippen molar-refractivity contribution in [3.05, 3.63) is 46.5 Å². The second-order valence-electron chi connectivity index (χ2n) is 5.45. The molecule has 4 rings (SSSR count). The summed E-state index contributed by atoms with van der Waals surface area (Å²) >= 11 is 6.06. The topological polar surface area (TPSA) is 56.8 Å². The monoisotopic (exact) mass is 343 g/mol. The van der Waals surface area contributed by atoms with Crippen LogP contribution < -0.4 is 19.5 Å². The summed E-state index contributed by atoms with van der Waals surface area (Å²) in [5.41, 5.74) is 2.86. The molecule has 0 saturated carbocycles. The molecule has 2 aliphatic rings. The molecule has 2 heterocycles. The van der Waals surface area contributed by atoms with Gasteiger partial charge in [0.05, 0.1) is 7.11 Å². The molecule has 2 aromatic rings. The number of hydrogen-bond donors (Lipinski definition) is 1. The molecule has 0 atom stereocenters. The molecule has 0 fully saturated rings. The van der Waals surface area contributed by atoms with E-state index in [-0.39, 0.29) is 5.91 Å². The highest BCUT2D eigenvalue weighted by Crippen LogP contribution is 2.42. The van der Waals surface area contributed by atoms with Gasteiger partial charge in [-0.3, -0.25) is 4.79 Å². The normalized spacial score (nSPS) is 16.8. The number of hydrogen-bond acceptors (Lipinski definition) is 4. The maximum Gasteiger partial charge on any atom is 0.256 e. The molecule has 0 bridgehead atoms. The van der Waals surface area contributed by atoms with Crippen molar-refractivity contribution in [3.8, 4) is 17.2 Å². The Hall–Kier alpha value is -2.66. The van der Waals surface area contributed by atoms with Crippen LogP contribution in [-0.2, 0) is 4.79 Å². The van der Waals surface area contributed by atoms with Crippen molar-refractivity contribution in [2.45, 2.75) is 0 Å². The quantitative estimate of drug-likeness (QED) is 0.846. The first-order chi connectivity index (χ1) is 11.7. The first-order valence-corrected chi connectivity index (χ1v) is 7.84. The van der Waals surface area contributed by atoms with E-state index in [1.165, 1.54) is 0 Å². The van der Waals surface area contributed by atoms with Gasteiger partial charge in [-0.2, -0.15) is 0 Å². The van der Waals surface area contributed by atoms with Gasteiger partial charge >= 0.3 is 0 Å². The molecule has 24 heavy (non-hydrogen) atoms. The van der Waals surface area contributed by atoms with Crippen LogP contribution >= 0.6 is 11.6 Å². The Labute approximate surface area is 143 Å². The fraction of sp³-hybridized carbons (Fsp3) is 0.167. The van der Waals surface area contributed by atoms with E-state index in [0.29, 0.717) is 41.1 Å². The van der Waals surface area contributed by atoms with Gasteiger partial charge in [-0.05, 0) is 42.0 Å². The van der Waals surface area contributed by atoms with Crippen molar-refractivity contribution >= 4 is 34.8 Å². The second-order valence-corrected chi connectivity index (χ2v) is 5.89. The number of methoxy groups -OCH3 is 1. The largest absolute Gasteiger partial charge is 0.493 e. The third kappa shape index (κ3) is 2.47. The molecule has 0 radical (unpaired) electrons. The van der Waals surface area contributed by atoms with Gasteiger partial charge in [0, 0.05) is 21.8 Å². The minimum absolute atomic E-state index is 0.166. The summed E-state index contributed by atoms with van der Waals surface area (Å²) < 4.78 is 16.6. The minimum atomic E-state index is -0.166. The van der Waals surface area contributed by atoms with Gasteiger partial charge in [0.15, 0.2) is 11.5 Å². The number of halogens is 1. The molecular formula is C18H14ClNO4. The Morgan fingerprint density at radius 1 is 1.21 bits per heavy atom. The Morgan fingerprint density at radius 2 is 2.04 bits per heavy atom. The van der Waals surface area contributed by atoms with Gasteiger partial charge in [0.1, 0.15) is 13.2 Å². The third-order valence-electron chi connectivity index (χ3n) is 3.93. The Kier molecular flexibility index (Phi) is 3.58. The number of benzene rings is 2. The Morgan fingerprint density at radius 3 is 2.88 bits per heavy atom. The molecule has 0 aromatic heterocycles. The summed E-state index contributed by atoms with van der Waals surface area (Å²) in [5.74, 6) is 1.60. The first-order valence-electron chi connectivity index (χ1n) is 7.46. The maximum absolute atomic E-state index is 12.3. The summed E-state index contributed by atoms with van der Waals surface area (Å²) in [6.45, 7) is 0.965. The standard InChI is InChI=1S/C18H14ClNO4/c1-22-15-7-10(8-16-17(15)24-5-4-23-16)6-13-12-9-11(19)2-3-14(12)20-18(13)21/h2-3,6-9H,4-5H2,1H3,(H,20,21)/b13-6+. The number of carbonyl (C=O) groups excluding carboxylic acids is 1. The number of fused-ring (bicyclic) bond motifs is 2. The van der Waals surface area contributed by atoms with Crippen molar-refractivity contribution in [3.63, 3.8) is 0 Å². The molecule has 0 spiro atoms. The lowest BCUT2D eigenvalue weighted by Gasteiger charge is -2.21. The lowest BCUT2D eigenvalue weighted by atomic mass is 10.0. The van der Waals surface area contributed by atoms with Crippen LogP contribution in [0.2, 0.25) is 5.02 Å². The van der Waals surface area contributed by atoms with E-state index in [0.717, 1.165) is 16.8 Å². The van der Waals surface area contributed by atoms with Gasteiger partial charge in [0.2, 0.25) is 5.75 Å². The average Bonchev–Trinajstić information content (AvgIpc) is 2.89. The van der Waals surface area contributed by atoms with Crippen LogP contribution in [0.15, 0.2) is 30.3 Å². The van der Waals surface area contributed by atoms with Gasteiger partial charge in [-0.25, -0.2) is 0 Å². The lowest BCUT2D eigenvalue weighted by Crippen LogP contribution is -2.16. The van der Waals surface area contributed by atoms with E-state index in [4.69, 9.17) is 25.8 Å². The van der Waals surface area contributed by atoms with Crippen LogP contribution in [0.4, 0.5) is 5.69 Å². The Bertz CT molecular complexity index is 858. The zero-order chi connectivity index (χ0) is 16.7. The summed E-state index contributed by atoms with van der Waals surface area (Å²) in [7, 11) is 1.57. The third-order valence-corrected chi connectivity index (χ3v) is 4.16. The predicted octanol–water partition coefficient (Wildman–Crippen LogP) is 3.61.